The van der Waals surface area contributed by atoms with Gasteiger partial charge in [0.1, 0.15) is 0 Å². The summed E-state index contributed by atoms with van der Waals surface area (Å²) in [5, 5.41) is 0.390. The van der Waals surface area contributed by atoms with Gasteiger partial charge in [-0.15, -0.1) is 0 Å². The first-order chi connectivity index (χ1) is 11.8. The zero-order valence-corrected chi connectivity index (χ0v) is 16.4. The van der Waals surface area contributed by atoms with Crippen LogP contribution in [0, 0.1) is 11.3 Å². The van der Waals surface area contributed by atoms with Crippen molar-refractivity contribution in [2.75, 3.05) is 19.7 Å². The SMILES string of the molecule is C[C@@H](CN1CCc2sc(OCC(C)(F)F)nc2C1)C1(C)CCCCC1. The molecule has 0 aromatic carbocycles. The van der Waals surface area contributed by atoms with Crippen molar-refractivity contribution in [1.29, 1.82) is 0 Å². The van der Waals surface area contributed by atoms with Crippen LogP contribution in [-0.2, 0) is 13.0 Å². The number of thiazole rings is 1. The lowest BCUT2D eigenvalue weighted by Gasteiger charge is -2.41. The molecule has 0 radical (unpaired) electrons. The lowest BCUT2D eigenvalue weighted by atomic mass is 9.67. The molecule has 0 saturated heterocycles. The van der Waals surface area contributed by atoms with Crippen molar-refractivity contribution in [2.45, 2.75) is 71.8 Å². The number of hydrogen-bond acceptors (Lipinski definition) is 4. The first-order valence-electron chi connectivity index (χ1n) is 9.47. The van der Waals surface area contributed by atoms with Crippen molar-refractivity contribution in [3.63, 3.8) is 0 Å². The molecule has 0 N–H and O–H groups in total. The third-order valence-electron chi connectivity index (χ3n) is 5.95. The highest BCUT2D eigenvalue weighted by atomic mass is 32.1. The number of nitrogens with zero attached hydrogens (tertiary/aromatic N) is 2. The van der Waals surface area contributed by atoms with E-state index in [2.05, 4.69) is 23.7 Å². The minimum atomic E-state index is -2.82. The van der Waals surface area contributed by atoms with Gasteiger partial charge in [0.25, 0.3) is 11.1 Å². The summed E-state index contributed by atoms with van der Waals surface area (Å²) >= 11 is 1.43. The summed E-state index contributed by atoms with van der Waals surface area (Å²) in [5.41, 5.74) is 1.48. The van der Waals surface area contributed by atoms with Gasteiger partial charge in [-0.1, -0.05) is 44.4 Å². The Morgan fingerprint density at radius 2 is 2.04 bits per heavy atom. The number of aromatic nitrogens is 1. The van der Waals surface area contributed by atoms with Gasteiger partial charge >= 0.3 is 0 Å². The Hall–Kier alpha value is -0.750. The monoisotopic (exact) mass is 372 g/mol. The molecule has 2 heterocycles. The van der Waals surface area contributed by atoms with Gasteiger partial charge in [-0.05, 0) is 30.6 Å². The summed E-state index contributed by atoms with van der Waals surface area (Å²) in [4.78, 5) is 8.14. The van der Waals surface area contributed by atoms with Crippen molar-refractivity contribution < 1.29 is 13.5 Å². The van der Waals surface area contributed by atoms with Crippen LogP contribution in [-0.4, -0.2) is 35.5 Å². The number of halogens is 2. The van der Waals surface area contributed by atoms with Crippen molar-refractivity contribution in [2.24, 2.45) is 11.3 Å². The first kappa shape index (κ1) is 19.0. The van der Waals surface area contributed by atoms with E-state index in [1.165, 1.54) is 48.3 Å². The van der Waals surface area contributed by atoms with E-state index in [0.29, 0.717) is 16.5 Å². The molecule has 1 aromatic heterocycles. The lowest BCUT2D eigenvalue weighted by Crippen LogP contribution is -2.39. The average Bonchev–Trinajstić information content (AvgIpc) is 2.95. The van der Waals surface area contributed by atoms with E-state index in [1.807, 2.05) is 0 Å². The number of alkyl halides is 2. The molecule has 0 amide bonds. The fourth-order valence-electron chi connectivity index (χ4n) is 4.10. The summed E-state index contributed by atoms with van der Waals surface area (Å²) < 4.78 is 31.1. The number of fused-ring (bicyclic) bond motifs is 1. The van der Waals surface area contributed by atoms with E-state index in [0.717, 1.165) is 38.7 Å². The second-order valence-electron chi connectivity index (χ2n) is 8.31. The third-order valence-corrected chi connectivity index (χ3v) is 7.02. The van der Waals surface area contributed by atoms with Crippen molar-refractivity contribution >= 4 is 11.3 Å². The first-order valence-corrected chi connectivity index (χ1v) is 10.3. The maximum Gasteiger partial charge on any atom is 0.278 e. The van der Waals surface area contributed by atoms with Crippen LogP contribution in [0.1, 0.15) is 63.4 Å². The number of rotatable bonds is 6. The minimum Gasteiger partial charge on any atom is -0.464 e. The van der Waals surface area contributed by atoms with Crippen molar-refractivity contribution in [3.8, 4) is 5.19 Å². The average molecular weight is 373 g/mol. The Kier molecular flexibility index (Phi) is 5.69. The minimum absolute atomic E-state index is 0.390. The zero-order valence-electron chi connectivity index (χ0n) is 15.6. The fourth-order valence-corrected chi connectivity index (χ4v) is 5.00. The van der Waals surface area contributed by atoms with Crippen LogP contribution in [0.2, 0.25) is 0 Å². The molecule has 3 rings (SSSR count). The van der Waals surface area contributed by atoms with E-state index in [1.54, 1.807) is 0 Å². The van der Waals surface area contributed by atoms with Gasteiger partial charge in [-0.25, -0.2) is 13.8 Å². The van der Waals surface area contributed by atoms with Gasteiger partial charge in [0.15, 0.2) is 6.61 Å². The molecule has 0 bridgehead atoms. The molecule has 0 spiro atoms. The van der Waals surface area contributed by atoms with Gasteiger partial charge in [0, 0.05) is 31.4 Å². The second kappa shape index (κ2) is 7.47. The Balaban J connectivity index is 1.56. The highest BCUT2D eigenvalue weighted by Crippen LogP contribution is 2.42. The van der Waals surface area contributed by atoms with Crippen LogP contribution < -0.4 is 4.74 Å². The standard InChI is InChI=1S/C19H30F2N2OS/c1-14(18(2)8-5-4-6-9-18)11-23-10-7-16-15(12-23)22-17(25-16)24-13-19(3,20)21/h14H,4-13H2,1-3H3/t14-/m0/s1. The normalized spacial score (nSPS) is 22.4. The van der Waals surface area contributed by atoms with Crippen LogP contribution in [0.4, 0.5) is 8.78 Å². The van der Waals surface area contributed by atoms with Crippen molar-refractivity contribution in [1.82, 2.24) is 9.88 Å². The second-order valence-corrected chi connectivity index (χ2v) is 9.36. The molecular weight excluding hydrogens is 342 g/mol. The molecule has 1 aromatic rings. The Labute approximate surface area is 153 Å². The highest BCUT2D eigenvalue weighted by molar-refractivity contribution is 7.13. The van der Waals surface area contributed by atoms with Gasteiger partial charge in [-0.2, -0.15) is 0 Å². The molecular formula is C19H30F2N2OS. The fraction of sp³-hybridized carbons (Fsp3) is 0.842. The zero-order chi connectivity index (χ0) is 18.1. The van der Waals surface area contributed by atoms with E-state index >= 15 is 0 Å². The van der Waals surface area contributed by atoms with Crippen LogP contribution in [0.5, 0.6) is 5.19 Å². The molecule has 1 aliphatic heterocycles. The molecule has 1 atom stereocenters. The van der Waals surface area contributed by atoms with E-state index in [-0.39, 0.29) is 0 Å². The quantitative estimate of drug-likeness (QED) is 0.691. The molecule has 142 valence electrons. The molecule has 1 fully saturated rings. The van der Waals surface area contributed by atoms with Crippen molar-refractivity contribution in [3.05, 3.63) is 10.6 Å². The molecule has 1 saturated carbocycles. The molecule has 25 heavy (non-hydrogen) atoms. The third kappa shape index (κ3) is 4.91. The lowest BCUT2D eigenvalue weighted by molar-refractivity contribution is -0.0230. The maximum atomic E-state index is 13.0. The molecule has 3 nitrogen and oxygen atoms in total. The smallest absolute Gasteiger partial charge is 0.278 e. The topological polar surface area (TPSA) is 25.4 Å². The predicted molar refractivity (Wildman–Crippen MR) is 97.6 cm³/mol. The predicted octanol–water partition coefficient (Wildman–Crippen LogP) is 5.14. The summed E-state index contributed by atoms with van der Waals surface area (Å²) in [5.74, 6) is -2.15. The molecule has 6 heteroatoms. The maximum absolute atomic E-state index is 13.0. The largest absolute Gasteiger partial charge is 0.464 e. The van der Waals surface area contributed by atoms with Gasteiger partial charge in [0.2, 0.25) is 0 Å². The van der Waals surface area contributed by atoms with Crippen LogP contribution in [0.15, 0.2) is 0 Å². The summed E-state index contributed by atoms with van der Waals surface area (Å²) in [6, 6.07) is 0. The molecule has 1 aliphatic carbocycles. The Morgan fingerprint density at radius 3 is 2.72 bits per heavy atom. The van der Waals surface area contributed by atoms with Crippen LogP contribution in [0.3, 0.4) is 0 Å². The number of ether oxygens (including phenoxy) is 1. The molecule has 0 unspecified atom stereocenters. The summed E-state index contributed by atoms with van der Waals surface area (Å²) in [7, 11) is 0. The van der Waals surface area contributed by atoms with E-state index < -0.39 is 12.5 Å². The summed E-state index contributed by atoms with van der Waals surface area (Å²) in [6.45, 7) is 8.05. The van der Waals surface area contributed by atoms with Crippen LogP contribution in [0.25, 0.3) is 0 Å². The summed E-state index contributed by atoms with van der Waals surface area (Å²) in [6.07, 6.45) is 7.73. The Bertz CT molecular complexity index is 578. The highest BCUT2D eigenvalue weighted by Gasteiger charge is 2.34. The van der Waals surface area contributed by atoms with E-state index in [4.69, 9.17) is 4.74 Å². The van der Waals surface area contributed by atoms with Crippen LogP contribution >= 0.6 is 11.3 Å². The Morgan fingerprint density at radius 1 is 1.32 bits per heavy atom. The van der Waals surface area contributed by atoms with Gasteiger partial charge < -0.3 is 4.74 Å². The van der Waals surface area contributed by atoms with Gasteiger partial charge in [0.05, 0.1) is 5.69 Å². The van der Waals surface area contributed by atoms with Gasteiger partial charge in [-0.3, -0.25) is 4.90 Å². The number of hydrogen-bond donors (Lipinski definition) is 0. The van der Waals surface area contributed by atoms with E-state index in [9.17, 15) is 8.78 Å². The molecule has 2 aliphatic rings.